The van der Waals surface area contributed by atoms with Crippen molar-refractivity contribution in [1.29, 1.82) is 0 Å². The zero-order valence-corrected chi connectivity index (χ0v) is 17.4. The van der Waals surface area contributed by atoms with E-state index < -0.39 is 21.6 Å². The molecule has 0 N–H and O–H groups in total. The Morgan fingerprint density at radius 2 is 1.35 bits per heavy atom. The summed E-state index contributed by atoms with van der Waals surface area (Å²) in [6.45, 7) is 3.93. The third kappa shape index (κ3) is 4.92. The van der Waals surface area contributed by atoms with Gasteiger partial charge in [-0.3, -0.25) is 0 Å². The molecule has 0 aromatic rings. The van der Waals surface area contributed by atoms with E-state index in [1.165, 1.54) is 64.2 Å². The molecule has 0 spiro atoms. The van der Waals surface area contributed by atoms with Crippen LogP contribution in [-0.4, -0.2) is 27.5 Å². The standard InChI is InChI=1S/C13H23.C4H8O2.Sn.2H/c1-3-7-12(8-4-1)11-13-9-5-2-6-10-13;1-3(2)4(5)6;;;/h11-13H,1-10H2;3H,1-2H3,(H,5,6);;;/q;;+1;;/p-1. The third-order valence-corrected chi connectivity index (χ3v) is 11.6. The van der Waals surface area contributed by atoms with Gasteiger partial charge in [0.1, 0.15) is 0 Å². The second-order valence-corrected chi connectivity index (χ2v) is 11.7. The minimum atomic E-state index is -1.42. The first-order chi connectivity index (χ1) is 9.68. The molecule has 2 saturated carbocycles. The van der Waals surface area contributed by atoms with Crippen LogP contribution in [0.25, 0.3) is 0 Å². The van der Waals surface area contributed by atoms with Crippen LogP contribution in [0.1, 0.15) is 78.1 Å². The van der Waals surface area contributed by atoms with Gasteiger partial charge in [-0.2, -0.15) is 0 Å². The molecule has 20 heavy (non-hydrogen) atoms. The van der Waals surface area contributed by atoms with E-state index in [0.717, 1.165) is 15.8 Å². The Bertz CT molecular complexity index is 273. The Balaban J connectivity index is 1.93. The molecule has 0 heterocycles. The molecule has 0 amide bonds. The van der Waals surface area contributed by atoms with Crippen LogP contribution in [-0.2, 0) is 7.87 Å². The molecule has 2 nitrogen and oxygen atoms in total. The number of hydrogen-bond donors (Lipinski definition) is 0. The first kappa shape index (κ1) is 16.6. The predicted octanol–water partition coefficient (Wildman–Crippen LogP) is 4.22. The van der Waals surface area contributed by atoms with Crippen LogP contribution in [0.5, 0.6) is 0 Å². The molecule has 0 unspecified atom stereocenters. The van der Waals surface area contributed by atoms with Crippen molar-refractivity contribution in [3.8, 4) is 0 Å². The molecule has 0 atom stereocenters. The molecule has 116 valence electrons. The van der Waals surface area contributed by atoms with Crippen LogP contribution >= 0.6 is 0 Å². The number of carbonyl (C=O) groups excluding carboxylic acids is 1. The molecule has 0 radical (unpaired) electrons. The zero-order valence-electron chi connectivity index (χ0n) is 13.4. The average molecular weight is 387 g/mol. The predicted molar refractivity (Wildman–Crippen MR) is 86.4 cm³/mol. The Morgan fingerprint density at radius 1 is 0.900 bits per heavy atom. The van der Waals surface area contributed by atoms with Crippen molar-refractivity contribution in [3.63, 3.8) is 0 Å². The Kier molecular flexibility index (Phi) is 7.19. The first-order valence-electron chi connectivity index (χ1n) is 8.85. The SMILES string of the molecule is CC(C)C(=O)[O][SnH2][CH](C1CCCCC1)C1CCCCC1. The number of carbonyl (C=O) groups is 1. The molecule has 0 bridgehead atoms. The van der Waals surface area contributed by atoms with Gasteiger partial charge in [-0.25, -0.2) is 0 Å². The molecule has 0 aromatic heterocycles. The van der Waals surface area contributed by atoms with Gasteiger partial charge in [0.05, 0.1) is 0 Å². The van der Waals surface area contributed by atoms with Crippen molar-refractivity contribution in [3.05, 3.63) is 0 Å². The Morgan fingerprint density at radius 3 is 1.75 bits per heavy atom. The third-order valence-electron chi connectivity index (χ3n) is 5.40. The van der Waals surface area contributed by atoms with E-state index in [4.69, 9.17) is 3.07 Å². The molecular weight excluding hydrogens is 355 g/mol. The molecule has 0 aliphatic heterocycles. The topological polar surface area (TPSA) is 26.3 Å². The van der Waals surface area contributed by atoms with Crippen LogP contribution in [0.4, 0.5) is 0 Å². The molecule has 2 rings (SSSR count). The summed E-state index contributed by atoms with van der Waals surface area (Å²) in [5.74, 6) is 1.95. The van der Waals surface area contributed by atoms with Crippen LogP contribution in [0.3, 0.4) is 0 Å². The Labute approximate surface area is 135 Å². The van der Waals surface area contributed by atoms with E-state index in [-0.39, 0.29) is 11.9 Å². The van der Waals surface area contributed by atoms with E-state index >= 15 is 0 Å². The van der Waals surface area contributed by atoms with Gasteiger partial charge in [0.15, 0.2) is 0 Å². The quantitative estimate of drug-likeness (QED) is 0.661. The summed E-state index contributed by atoms with van der Waals surface area (Å²) < 4.78 is 6.69. The van der Waals surface area contributed by atoms with Gasteiger partial charge in [0.25, 0.3) is 0 Å². The van der Waals surface area contributed by atoms with Gasteiger partial charge >= 0.3 is 135 Å². The molecular formula is C17H32O2Sn. The fraction of sp³-hybridized carbons (Fsp3) is 0.941. The second-order valence-electron chi connectivity index (χ2n) is 7.24. The van der Waals surface area contributed by atoms with Crippen LogP contribution < -0.4 is 0 Å². The number of hydrogen-bond acceptors (Lipinski definition) is 2. The second kappa shape index (κ2) is 8.65. The van der Waals surface area contributed by atoms with Gasteiger partial charge in [-0.1, -0.05) is 0 Å². The van der Waals surface area contributed by atoms with Crippen molar-refractivity contribution in [2.24, 2.45) is 17.8 Å². The average Bonchev–Trinajstić information content (AvgIpc) is 2.49. The van der Waals surface area contributed by atoms with Gasteiger partial charge in [-0.05, 0) is 0 Å². The molecule has 0 saturated heterocycles. The minimum absolute atomic E-state index is 0.0602. The summed E-state index contributed by atoms with van der Waals surface area (Å²) in [6, 6.07) is 0. The van der Waals surface area contributed by atoms with Crippen molar-refractivity contribution in [2.45, 2.75) is 82.0 Å². The van der Waals surface area contributed by atoms with Gasteiger partial charge < -0.3 is 0 Å². The van der Waals surface area contributed by atoms with E-state index in [1.54, 1.807) is 0 Å². The summed E-state index contributed by atoms with van der Waals surface area (Å²) in [6.07, 6.45) is 14.2. The van der Waals surface area contributed by atoms with Gasteiger partial charge in [0, 0.05) is 0 Å². The van der Waals surface area contributed by atoms with Crippen molar-refractivity contribution in [1.82, 2.24) is 0 Å². The summed E-state index contributed by atoms with van der Waals surface area (Å²) >= 11 is -1.42. The summed E-state index contributed by atoms with van der Waals surface area (Å²) in [5.41, 5.74) is 0. The first-order valence-corrected chi connectivity index (χ1v) is 12.8. The van der Waals surface area contributed by atoms with Crippen molar-refractivity contribution in [2.75, 3.05) is 0 Å². The van der Waals surface area contributed by atoms with Crippen LogP contribution in [0.15, 0.2) is 0 Å². The maximum absolute atomic E-state index is 11.8. The summed E-state index contributed by atoms with van der Waals surface area (Å²) in [4.78, 5) is 11.8. The van der Waals surface area contributed by atoms with Crippen LogP contribution in [0.2, 0.25) is 3.93 Å². The normalized spacial score (nSPS) is 23.0. The van der Waals surface area contributed by atoms with E-state index in [2.05, 4.69) is 0 Å². The summed E-state index contributed by atoms with van der Waals surface area (Å²) in [5, 5.41) is 0. The monoisotopic (exact) mass is 388 g/mol. The van der Waals surface area contributed by atoms with Crippen molar-refractivity contribution >= 4 is 27.5 Å². The van der Waals surface area contributed by atoms with Gasteiger partial charge in [-0.15, -0.1) is 0 Å². The maximum atomic E-state index is 11.8. The van der Waals surface area contributed by atoms with Crippen LogP contribution in [0, 0.1) is 17.8 Å². The number of rotatable bonds is 5. The van der Waals surface area contributed by atoms with E-state index in [0.29, 0.717) is 0 Å². The zero-order chi connectivity index (χ0) is 14.4. The fourth-order valence-electron chi connectivity index (χ4n) is 4.13. The fourth-order valence-corrected chi connectivity index (χ4v) is 10.3. The molecule has 0 aromatic carbocycles. The molecule has 2 aliphatic rings. The Hall–Kier alpha value is 0.269. The molecule has 3 heteroatoms. The summed E-state index contributed by atoms with van der Waals surface area (Å²) in [7, 11) is 0. The van der Waals surface area contributed by atoms with Crippen molar-refractivity contribution < 1.29 is 7.87 Å². The van der Waals surface area contributed by atoms with Gasteiger partial charge in [0.2, 0.25) is 0 Å². The van der Waals surface area contributed by atoms with E-state index in [1.807, 2.05) is 13.8 Å². The molecule has 2 fully saturated rings. The molecule has 2 aliphatic carbocycles. The van der Waals surface area contributed by atoms with E-state index in [9.17, 15) is 4.79 Å².